The van der Waals surface area contributed by atoms with Crippen LogP contribution in [-0.4, -0.2) is 4.37 Å². The Morgan fingerprint density at radius 2 is 2.08 bits per heavy atom. The molecule has 2 heteroatoms. The molecule has 0 bridgehead atoms. The van der Waals surface area contributed by atoms with Crippen LogP contribution in [0, 0.1) is 6.92 Å². The van der Waals surface area contributed by atoms with Gasteiger partial charge in [-0.3, -0.25) is 0 Å². The SMILES string of the molecule is Cc1ccc2snc(C(C)C)c2c1. The summed E-state index contributed by atoms with van der Waals surface area (Å²) in [5.74, 6) is 0.524. The van der Waals surface area contributed by atoms with E-state index in [9.17, 15) is 0 Å². The van der Waals surface area contributed by atoms with Crippen LogP contribution in [0.1, 0.15) is 31.0 Å². The molecular weight excluding hydrogens is 178 g/mol. The van der Waals surface area contributed by atoms with E-state index in [-0.39, 0.29) is 0 Å². The topological polar surface area (TPSA) is 12.9 Å². The molecular formula is C11H13NS. The summed E-state index contributed by atoms with van der Waals surface area (Å²) in [6, 6.07) is 6.53. The first-order valence-electron chi connectivity index (χ1n) is 4.54. The molecule has 0 N–H and O–H groups in total. The summed E-state index contributed by atoms with van der Waals surface area (Å²) in [7, 11) is 0. The molecule has 0 spiro atoms. The van der Waals surface area contributed by atoms with E-state index in [0.717, 1.165) is 0 Å². The van der Waals surface area contributed by atoms with Crippen LogP contribution >= 0.6 is 11.5 Å². The minimum absolute atomic E-state index is 0.524. The van der Waals surface area contributed by atoms with Gasteiger partial charge in [0.15, 0.2) is 0 Å². The van der Waals surface area contributed by atoms with E-state index >= 15 is 0 Å². The zero-order valence-corrected chi connectivity index (χ0v) is 8.98. The third kappa shape index (κ3) is 1.46. The number of aromatic nitrogens is 1. The number of aryl methyl sites for hydroxylation is 1. The Balaban J connectivity index is 2.71. The molecule has 1 aromatic carbocycles. The molecule has 0 saturated carbocycles. The second-order valence-electron chi connectivity index (χ2n) is 3.72. The summed E-state index contributed by atoms with van der Waals surface area (Å²) in [6.07, 6.45) is 0. The average Bonchev–Trinajstić information content (AvgIpc) is 2.46. The predicted octanol–water partition coefficient (Wildman–Crippen LogP) is 3.73. The van der Waals surface area contributed by atoms with Crippen molar-refractivity contribution in [2.75, 3.05) is 0 Å². The third-order valence-electron chi connectivity index (χ3n) is 2.20. The second-order valence-corrected chi connectivity index (χ2v) is 4.53. The van der Waals surface area contributed by atoms with Gasteiger partial charge in [0.05, 0.1) is 10.4 Å². The highest BCUT2D eigenvalue weighted by molar-refractivity contribution is 7.13. The summed E-state index contributed by atoms with van der Waals surface area (Å²) < 4.78 is 5.78. The Morgan fingerprint density at radius 3 is 2.77 bits per heavy atom. The first-order chi connectivity index (χ1) is 6.18. The first-order valence-corrected chi connectivity index (χ1v) is 5.32. The maximum Gasteiger partial charge on any atom is 0.0646 e. The Hall–Kier alpha value is -0.890. The largest absolute Gasteiger partial charge is 0.196 e. The molecule has 0 saturated heterocycles. The van der Waals surface area contributed by atoms with E-state index in [0.29, 0.717) is 5.92 Å². The highest BCUT2D eigenvalue weighted by Crippen LogP contribution is 2.28. The lowest BCUT2D eigenvalue weighted by Gasteiger charge is -2.00. The van der Waals surface area contributed by atoms with E-state index in [2.05, 4.69) is 43.3 Å². The molecule has 0 radical (unpaired) electrons. The van der Waals surface area contributed by atoms with Gasteiger partial charge in [0.25, 0.3) is 0 Å². The third-order valence-corrected chi connectivity index (χ3v) is 3.04. The molecule has 13 heavy (non-hydrogen) atoms. The van der Waals surface area contributed by atoms with Crippen molar-refractivity contribution in [1.29, 1.82) is 0 Å². The van der Waals surface area contributed by atoms with Crippen molar-refractivity contribution in [3.63, 3.8) is 0 Å². The van der Waals surface area contributed by atoms with E-state index < -0.39 is 0 Å². The number of fused-ring (bicyclic) bond motifs is 1. The molecule has 2 rings (SSSR count). The molecule has 1 nitrogen and oxygen atoms in total. The molecule has 0 aliphatic heterocycles. The minimum atomic E-state index is 0.524. The van der Waals surface area contributed by atoms with Gasteiger partial charge in [0.2, 0.25) is 0 Å². The Labute approximate surface area is 82.6 Å². The van der Waals surface area contributed by atoms with Gasteiger partial charge in [-0.25, -0.2) is 0 Å². The molecule has 0 aliphatic carbocycles. The van der Waals surface area contributed by atoms with Crippen LogP contribution in [-0.2, 0) is 0 Å². The molecule has 0 unspecified atom stereocenters. The fourth-order valence-corrected chi connectivity index (χ4v) is 2.38. The maximum atomic E-state index is 4.48. The lowest BCUT2D eigenvalue weighted by Crippen LogP contribution is -1.86. The van der Waals surface area contributed by atoms with Gasteiger partial charge in [0, 0.05) is 5.39 Å². The van der Waals surface area contributed by atoms with Gasteiger partial charge in [-0.2, -0.15) is 4.37 Å². The Bertz CT molecular complexity index is 429. The summed E-state index contributed by atoms with van der Waals surface area (Å²) in [5.41, 5.74) is 2.55. The second kappa shape index (κ2) is 3.11. The van der Waals surface area contributed by atoms with Gasteiger partial charge in [-0.1, -0.05) is 25.5 Å². The van der Waals surface area contributed by atoms with Crippen molar-refractivity contribution >= 4 is 21.6 Å². The molecule has 1 heterocycles. The highest BCUT2D eigenvalue weighted by Gasteiger charge is 2.08. The van der Waals surface area contributed by atoms with Crippen molar-refractivity contribution in [2.45, 2.75) is 26.7 Å². The Morgan fingerprint density at radius 1 is 1.31 bits per heavy atom. The van der Waals surface area contributed by atoms with E-state index in [1.54, 1.807) is 11.5 Å². The zero-order chi connectivity index (χ0) is 9.42. The molecule has 0 fully saturated rings. The zero-order valence-electron chi connectivity index (χ0n) is 8.16. The lowest BCUT2D eigenvalue weighted by molar-refractivity contribution is 0.849. The summed E-state index contributed by atoms with van der Waals surface area (Å²) >= 11 is 1.60. The fourth-order valence-electron chi connectivity index (χ4n) is 1.49. The van der Waals surface area contributed by atoms with E-state index in [1.807, 2.05) is 0 Å². The van der Waals surface area contributed by atoms with Crippen LogP contribution in [0.2, 0.25) is 0 Å². The average molecular weight is 191 g/mol. The molecule has 1 aromatic heterocycles. The summed E-state index contributed by atoms with van der Waals surface area (Å²) in [6.45, 7) is 6.51. The van der Waals surface area contributed by atoms with Crippen molar-refractivity contribution in [1.82, 2.24) is 4.37 Å². The highest BCUT2D eigenvalue weighted by atomic mass is 32.1. The first kappa shape index (κ1) is 8.70. The Kier molecular flexibility index (Phi) is 2.08. The van der Waals surface area contributed by atoms with Crippen molar-refractivity contribution in [2.24, 2.45) is 0 Å². The van der Waals surface area contributed by atoms with Gasteiger partial charge >= 0.3 is 0 Å². The standard InChI is InChI=1S/C11H13NS/c1-7(2)11-9-6-8(3)4-5-10(9)13-12-11/h4-7H,1-3H3. The number of hydrogen-bond donors (Lipinski definition) is 0. The van der Waals surface area contributed by atoms with Gasteiger partial charge in [-0.15, -0.1) is 0 Å². The van der Waals surface area contributed by atoms with Crippen molar-refractivity contribution < 1.29 is 0 Å². The number of hydrogen-bond acceptors (Lipinski definition) is 2. The van der Waals surface area contributed by atoms with E-state index in [4.69, 9.17) is 0 Å². The quantitative estimate of drug-likeness (QED) is 0.669. The molecule has 2 aromatic rings. The summed E-state index contributed by atoms with van der Waals surface area (Å²) in [5, 5.41) is 1.33. The fraction of sp³-hybridized carbons (Fsp3) is 0.364. The monoisotopic (exact) mass is 191 g/mol. The summed E-state index contributed by atoms with van der Waals surface area (Å²) in [4.78, 5) is 0. The van der Waals surface area contributed by atoms with Crippen LogP contribution in [0.15, 0.2) is 18.2 Å². The number of nitrogens with zero attached hydrogens (tertiary/aromatic N) is 1. The minimum Gasteiger partial charge on any atom is -0.196 e. The van der Waals surface area contributed by atoms with Gasteiger partial charge < -0.3 is 0 Å². The normalized spacial score (nSPS) is 11.4. The van der Waals surface area contributed by atoms with Crippen LogP contribution in [0.4, 0.5) is 0 Å². The van der Waals surface area contributed by atoms with Crippen LogP contribution < -0.4 is 0 Å². The van der Waals surface area contributed by atoms with Crippen LogP contribution in [0.25, 0.3) is 10.1 Å². The maximum absolute atomic E-state index is 4.48. The van der Waals surface area contributed by atoms with Crippen molar-refractivity contribution in [3.8, 4) is 0 Å². The predicted molar refractivity (Wildman–Crippen MR) is 58.4 cm³/mol. The smallest absolute Gasteiger partial charge is 0.0646 e. The van der Waals surface area contributed by atoms with Gasteiger partial charge in [-0.05, 0) is 36.5 Å². The molecule has 0 amide bonds. The lowest BCUT2D eigenvalue weighted by atomic mass is 10.1. The molecule has 0 aliphatic rings. The van der Waals surface area contributed by atoms with E-state index in [1.165, 1.54) is 21.3 Å². The molecule has 68 valence electrons. The van der Waals surface area contributed by atoms with Crippen LogP contribution in [0.3, 0.4) is 0 Å². The van der Waals surface area contributed by atoms with Crippen molar-refractivity contribution in [3.05, 3.63) is 29.5 Å². The number of rotatable bonds is 1. The number of benzene rings is 1. The van der Waals surface area contributed by atoms with Gasteiger partial charge in [0.1, 0.15) is 0 Å². The van der Waals surface area contributed by atoms with Crippen LogP contribution in [0.5, 0.6) is 0 Å². The molecule has 0 atom stereocenters.